The number of fused-ring (bicyclic) bond motifs is 1. The van der Waals surface area contributed by atoms with Gasteiger partial charge in [0.1, 0.15) is 11.6 Å². The lowest BCUT2D eigenvalue weighted by Gasteiger charge is -2.24. The van der Waals surface area contributed by atoms with Crippen LogP contribution in [0.3, 0.4) is 0 Å². The third-order valence-corrected chi connectivity index (χ3v) is 5.89. The smallest absolute Gasteiger partial charge is 0.257 e. The molecule has 0 spiro atoms. The molecule has 1 aromatic heterocycles. The third kappa shape index (κ3) is 4.19. The minimum atomic E-state index is -0.336. The molecule has 1 atom stereocenters. The molecule has 1 aliphatic heterocycles. The number of methoxy groups -OCH3 is 1. The van der Waals surface area contributed by atoms with Gasteiger partial charge in [0.05, 0.1) is 12.7 Å². The lowest BCUT2D eigenvalue weighted by molar-refractivity contribution is -0.116. The van der Waals surface area contributed by atoms with Crippen molar-refractivity contribution in [2.75, 3.05) is 12.4 Å². The Bertz CT molecular complexity index is 1090. The van der Waals surface area contributed by atoms with Crippen LogP contribution in [-0.4, -0.2) is 23.0 Å². The molecule has 0 radical (unpaired) electrons. The van der Waals surface area contributed by atoms with E-state index in [2.05, 4.69) is 39.6 Å². The molecule has 7 heteroatoms. The van der Waals surface area contributed by atoms with Gasteiger partial charge in [-0.05, 0) is 30.2 Å². The first kappa shape index (κ1) is 19.3. The number of carbonyl (C=O) groups excluding carboxylic acids is 1. The molecule has 1 aliphatic rings. The lowest BCUT2D eigenvalue weighted by Crippen LogP contribution is -2.31. The summed E-state index contributed by atoms with van der Waals surface area (Å²) in [4.78, 5) is 32.5. The zero-order chi connectivity index (χ0) is 20.4. The van der Waals surface area contributed by atoms with Crippen molar-refractivity contribution in [3.05, 3.63) is 81.1 Å². The van der Waals surface area contributed by atoms with Gasteiger partial charge in [-0.15, -0.1) is 0 Å². The van der Waals surface area contributed by atoms with Crippen molar-refractivity contribution in [2.45, 2.75) is 30.2 Å². The predicted octanol–water partition coefficient (Wildman–Crippen LogP) is 3.85. The van der Waals surface area contributed by atoms with Gasteiger partial charge in [0, 0.05) is 18.1 Å². The molecule has 0 saturated heterocycles. The standard InChI is InChI=1S/C22H21N3O3S/c1-13-3-5-14(6-4-13)12-29-22-24-20-19(21(27)25-22)17(11-18(26)23-20)15-7-9-16(28-2)10-8-15/h3-10,17H,11-12H2,1-2H3,(H2,23,24,25,26,27). The Hall–Kier alpha value is -3.06. The molecule has 0 bridgehead atoms. The number of rotatable bonds is 5. The molecule has 3 aromatic rings. The number of anilines is 1. The lowest BCUT2D eigenvalue weighted by atomic mass is 9.87. The van der Waals surface area contributed by atoms with Crippen LogP contribution in [0.1, 0.15) is 34.6 Å². The number of aryl methyl sites for hydroxylation is 1. The Morgan fingerprint density at radius 1 is 1.10 bits per heavy atom. The van der Waals surface area contributed by atoms with Crippen LogP contribution in [0, 0.1) is 6.92 Å². The molecule has 6 nitrogen and oxygen atoms in total. The van der Waals surface area contributed by atoms with E-state index in [0.717, 1.165) is 16.9 Å². The fraction of sp³-hybridized carbons (Fsp3) is 0.227. The minimum Gasteiger partial charge on any atom is -0.497 e. The van der Waals surface area contributed by atoms with Crippen LogP contribution in [0.25, 0.3) is 0 Å². The van der Waals surface area contributed by atoms with Crippen molar-refractivity contribution in [1.82, 2.24) is 9.97 Å². The molecule has 0 saturated carbocycles. The summed E-state index contributed by atoms with van der Waals surface area (Å²) in [5.41, 5.74) is 3.50. The van der Waals surface area contributed by atoms with Crippen LogP contribution in [0.5, 0.6) is 5.75 Å². The zero-order valence-corrected chi connectivity index (χ0v) is 17.0. The van der Waals surface area contributed by atoms with Gasteiger partial charge in [-0.1, -0.05) is 53.7 Å². The average molecular weight is 407 g/mol. The van der Waals surface area contributed by atoms with E-state index in [9.17, 15) is 9.59 Å². The van der Waals surface area contributed by atoms with Gasteiger partial charge in [0.2, 0.25) is 5.91 Å². The van der Waals surface area contributed by atoms with Crippen molar-refractivity contribution in [2.24, 2.45) is 0 Å². The number of thioether (sulfide) groups is 1. The summed E-state index contributed by atoms with van der Waals surface area (Å²) in [5.74, 6) is 1.27. The van der Waals surface area contributed by atoms with E-state index < -0.39 is 0 Å². The highest BCUT2D eigenvalue weighted by atomic mass is 32.2. The fourth-order valence-electron chi connectivity index (χ4n) is 3.38. The monoisotopic (exact) mass is 407 g/mol. The van der Waals surface area contributed by atoms with E-state index in [1.54, 1.807) is 7.11 Å². The number of carbonyl (C=O) groups is 1. The zero-order valence-electron chi connectivity index (χ0n) is 16.2. The number of hydrogen-bond acceptors (Lipinski definition) is 5. The van der Waals surface area contributed by atoms with Gasteiger partial charge >= 0.3 is 0 Å². The maximum absolute atomic E-state index is 12.9. The Morgan fingerprint density at radius 2 is 1.83 bits per heavy atom. The van der Waals surface area contributed by atoms with Gasteiger partial charge in [-0.3, -0.25) is 9.59 Å². The maximum atomic E-state index is 12.9. The molecule has 148 valence electrons. The number of aromatic amines is 1. The van der Waals surface area contributed by atoms with Crippen molar-refractivity contribution in [3.63, 3.8) is 0 Å². The second-order valence-corrected chi connectivity index (χ2v) is 7.95. The highest BCUT2D eigenvalue weighted by Crippen LogP contribution is 2.35. The van der Waals surface area contributed by atoms with E-state index in [1.807, 2.05) is 31.2 Å². The Balaban J connectivity index is 1.62. The Morgan fingerprint density at radius 3 is 2.52 bits per heavy atom. The Labute approximate surface area is 172 Å². The summed E-state index contributed by atoms with van der Waals surface area (Å²) in [5, 5.41) is 3.25. The summed E-state index contributed by atoms with van der Waals surface area (Å²) < 4.78 is 5.19. The summed E-state index contributed by atoms with van der Waals surface area (Å²) in [6.45, 7) is 2.04. The second-order valence-electron chi connectivity index (χ2n) is 6.99. The van der Waals surface area contributed by atoms with E-state index in [0.29, 0.717) is 22.3 Å². The number of nitrogens with zero attached hydrogens (tertiary/aromatic N) is 1. The van der Waals surface area contributed by atoms with Crippen LogP contribution in [-0.2, 0) is 10.5 Å². The summed E-state index contributed by atoms with van der Waals surface area (Å²) in [7, 11) is 1.60. The SMILES string of the molecule is COc1ccc(C2CC(=O)Nc3nc(SCc4ccc(C)cc4)[nH]c(=O)c32)cc1. The molecule has 29 heavy (non-hydrogen) atoms. The molecule has 0 aliphatic carbocycles. The fourth-order valence-corrected chi connectivity index (χ4v) is 4.19. The van der Waals surface area contributed by atoms with Crippen molar-refractivity contribution < 1.29 is 9.53 Å². The number of aromatic nitrogens is 2. The normalized spacial score (nSPS) is 15.5. The molecular weight excluding hydrogens is 386 g/mol. The van der Waals surface area contributed by atoms with Gasteiger partial charge in [-0.25, -0.2) is 4.98 Å². The topological polar surface area (TPSA) is 84.1 Å². The average Bonchev–Trinajstić information content (AvgIpc) is 2.72. The molecule has 1 amide bonds. The highest BCUT2D eigenvalue weighted by Gasteiger charge is 2.31. The summed E-state index contributed by atoms with van der Waals surface area (Å²) in [6.07, 6.45) is 0.208. The number of H-pyrrole nitrogens is 1. The maximum Gasteiger partial charge on any atom is 0.257 e. The van der Waals surface area contributed by atoms with Crippen molar-refractivity contribution >= 4 is 23.5 Å². The van der Waals surface area contributed by atoms with Crippen molar-refractivity contribution in [3.8, 4) is 5.75 Å². The number of hydrogen-bond donors (Lipinski definition) is 2. The minimum absolute atomic E-state index is 0.147. The van der Waals surface area contributed by atoms with Crippen molar-refractivity contribution in [1.29, 1.82) is 0 Å². The molecule has 2 aromatic carbocycles. The highest BCUT2D eigenvalue weighted by molar-refractivity contribution is 7.98. The number of nitrogens with one attached hydrogen (secondary N) is 2. The van der Waals surface area contributed by atoms with E-state index >= 15 is 0 Å². The quantitative estimate of drug-likeness (QED) is 0.496. The predicted molar refractivity (Wildman–Crippen MR) is 114 cm³/mol. The molecular formula is C22H21N3O3S. The number of ether oxygens (including phenoxy) is 1. The van der Waals surface area contributed by atoms with E-state index in [-0.39, 0.29) is 23.8 Å². The van der Waals surface area contributed by atoms with Gasteiger partial charge < -0.3 is 15.0 Å². The van der Waals surface area contributed by atoms with E-state index in [4.69, 9.17) is 4.74 Å². The van der Waals surface area contributed by atoms with Gasteiger partial charge in [0.15, 0.2) is 5.16 Å². The van der Waals surface area contributed by atoms with Gasteiger partial charge in [0.25, 0.3) is 5.56 Å². The first-order valence-electron chi connectivity index (χ1n) is 9.30. The van der Waals surface area contributed by atoms with Crippen LogP contribution in [0.15, 0.2) is 58.5 Å². The van der Waals surface area contributed by atoms with E-state index in [1.165, 1.54) is 17.3 Å². The first-order chi connectivity index (χ1) is 14.0. The summed E-state index contributed by atoms with van der Waals surface area (Å²) in [6, 6.07) is 15.6. The summed E-state index contributed by atoms with van der Waals surface area (Å²) >= 11 is 1.44. The molecule has 0 fully saturated rings. The third-order valence-electron chi connectivity index (χ3n) is 4.94. The molecule has 1 unspecified atom stereocenters. The number of benzene rings is 2. The largest absolute Gasteiger partial charge is 0.497 e. The van der Waals surface area contributed by atoms with Crippen LogP contribution in [0.2, 0.25) is 0 Å². The van der Waals surface area contributed by atoms with Gasteiger partial charge in [-0.2, -0.15) is 0 Å². The van der Waals surface area contributed by atoms with Crippen LogP contribution in [0.4, 0.5) is 5.82 Å². The molecule has 2 N–H and O–H groups in total. The van der Waals surface area contributed by atoms with Crippen LogP contribution < -0.4 is 15.6 Å². The second kappa shape index (κ2) is 8.13. The first-order valence-corrected chi connectivity index (χ1v) is 10.3. The molecule has 4 rings (SSSR count). The van der Waals surface area contributed by atoms with Crippen LogP contribution >= 0.6 is 11.8 Å². The number of amides is 1. The Kier molecular flexibility index (Phi) is 5.40. The molecule has 2 heterocycles.